The molecule has 1 aliphatic heterocycles. The maximum absolute atomic E-state index is 5.64. The molecule has 13 heavy (non-hydrogen) atoms. The Morgan fingerprint density at radius 1 is 1.31 bits per heavy atom. The van der Waals surface area contributed by atoms with Crippen molar-refractivity contribution in [1.82, 2.24) is 0 Å². The van der Waals surface area contributed by atoms with Crippen molar-refractivity contribution in [3.05, 3.63) is 0 Å². The summed E-state index contributed by atoms with van der Waals surface area (Å²) in [7, 11) is -1.72. The molecule has 78 valence electrons. The Labute approximate surface area is 82.5 Å². The summed E-state index contributed by atoms with van der Waals surface area (Å²) in [5.74, 6) is 0.793. The second-order valence-electron chi connectivity index (χ2n) is 3.70. The van der Waals surface area contributed by atoms with Crippen LogP contribution in [0.4, 0.5) is 0 Å². The molecule has 1 fully saturated rings. The SMILES string of the molecule is CCCCC1CCO[SiH](N)OCC1. The van der Waals surface area contributed by atoms with Crippen LogP contribution < -0.4 is 5.40 Å². The Balaban J connectivity index is 2.16. The largest absolute Gasteiger partial charge is 0.405 e. The second-order valence-corrected chi connectivity index (χ2v) is 5.10. The van der Waals surface area contributed by atoms with Gasteiger partial charge in [0.25, 0.3) is 0 Å². The first-order chi connectivity index (χ1) is 6.33. The monoisotopic (exact) mass is 203 g/mol. The van der Waals surface area contributed by atoms with E-state index in [4.69, 9.17) is 14.3 Å². The molecule has 0 bridgehead atoms. The normalized spacial score (nSPS) is 30.9. The number of rotatable bonds is 3. The summed E-state index contributed by atoms with van der Waals surface area (Å²) >= 11 is 0. The van der Waals surface area contributed by atoms with Crippen LogP contribution in [0.2, 0.25) is 0 Å². The van der Waals surface area contributed by atoms with Crippen molar-refractivity contribution in [2.24, 2.45) is 11.3 Å². The van der Waals surface area contributed by atoms with Gasteiger partial charge in [-0.25, -0.2) is 0 Å². The van der Waals surface area contributed by atoms with Crippen molar-refractivity contribution in [2.45, 2.75) is 39.0 Å². The van der Waals surface area contributed by atoms with Crippen molar-refractivity contribution in [3.8, 4) is 0 Å². The molecule has 3 nitrogen and oxygen atoms in total. The maximum Gasteiger partial charge on any atom is 0.405 e. The summed E-state index contributed by atoms with van der Waals surface area (Å²) in [6.07, 6.45) is 6.27. The molecule has 0 aromatic carbocycles. The van der Waals surface area contributed by atoms with E-state index < -0.39 is 9.45 Å². The van der Waals surface area contributed by atoms with Crippen molar-refractivity contribution < 1.29 is 8.85 Å². The van der Waals surface area contributed by atoms with Crippen LogP contribution in [0.3, 0.4) is 0 Å². The predicted octanol–water partition coefficient (Wildman–Crippen LogP) is 1.30. The molecule has 0 aromatic heterocycles. The highest BCUT2D eigenvalue weighted by atomic mass is 28.3. The van der Waals surface area contributed by atoms with E-state index in [0.717, 1.165) is 19.1 Å². The number of hydrogen-bond acceptors (Lipinski definition) is 3. The third-order valence-corrected chi connectivity index (χ3v) is 3.71. The summed E-state index contributed by atoms with van der Waals surface area (Å²) in [6, 6.07) is 0. The topological polar surface area (TPSA) is 44.5 Å². The molecule has 0 amide bonds. The summed E-state index contributed by atoms with van der Waals surface area (Å²) < 4.78 is 10.8. The van der Waals surface area contributed by atoms with Crippen molar-refractivity contribution in [3.63, 3.8) is 0 Å². The molecule has 0 saturated carbocycles. The molecular formula is C9H21NO2Si. The van der Waals surface area contributed by atoms with Gasteiger partial charge in [-0.15, -0.1) is 0 Å². The van der Waals surface area contributed by atoms with Gasteiger partial charge in [0.15, 0.2) is 0 Å². The van der Waals surface area contributed by atoms with E-state index in [1.165, 1.54) is 32.1 Å². The fourth-order valence-electron chi connectivity index (χ4n) is 1.68. The van der Waals surface area contributed by atoms with E-state index in [-0.39, 0.29) is 0 Å². The smallest absolute Gasteiger partial charge is 0.385 e. The van der Waals surface area contributed by atoms with Crippen LogP contribution in [0, 0.1) is 5.92 Å². The number of hydrogen-bond donors (Lipinski definition) is 1. The molecule has 2 N–H and O–H groups in total. The fraction of sp³-hybridized carbons (Fsp3) is 1.00. The average molecular weight is 203 g/mol. The molecule has 0 radical (unpaired) electrons. The van der Waals surface area contributed by atoms with Crippen LogP contribution in [0.1, 0.15) is 39.0 Å². The van der Waals surface area contributed by atoms with Crippen LogP contribution in [0.15, 0.2) is 0 Å². The zero-order valence-corrected chi connectivity index (χ0v) is 9.65. The van der Waals surface area contributed by atoms with E-state index in [1.807, 2.05) is 0 Å². The number of unbranched alkanes of at least 4 members (excludes halogenated alkanes) is 1. The average Bonchev–Trinajstić information content (AvgIpc) is 2.09. The van der Waals surface area contributed by atoms with Gasteiger partial charge in [-0.2, -0.15) is 0 Å². The minimum absolute atomic E-state index is 0.793. The summed E-state index contributed by atoms with van der Waals surface area (Å²) in [5.41, 5.74) is 0. The molecule has 0 atom stereocenters. The van der Waals surface area contributed by atoms with Crippen molar-refractivity contribution in [2.75, 3.05) is 13.2 Å². The number of nitrogens with two attached hydrogens (primary N) is 1. The lowest BCUT2D eigenvalue weighted by Gasteiger charge is -2.22. The van der Waals surface area contributed by atoms with E-state index in [9.17, 15) is 0 Å². The van der Waals surface area contributed by atoms with Gasteiger partial charge in [0, 0.05) is 13.2 Å². The van der Waals surface area contributed by atoms with Crippen LogP contribution in [0.25, 0.3) is 0 Å². The molecular weight excluding hydrogens is 182 g/mol. The van der Waals surface area contributed by atoms with Gasteiger partial charge in [-0.05, 0) is 18.8 Å². The van der Waals surface area contributed by atoms with Gasteiger partial charge < -0.3 is 14.3 Å². The zero-order valence-electron chi connectivity index (χ0n) is 8.50. The minimum atomic E-state index is -1.72. The first kappa shape index (κ1) is 11.2. The lowest BCUT2D eigenvalue weighted by molar-refractivity contribution is 0.140. The Morgan fingerprint density at radius 2 is 1.92 bits per heavy atom. The Kier molecular flexibility index (Phi) is 5.62. The highest BCUT2D eigenvalue weighted by molar-refractivity contribution is 6.40. The van der Waals surface area contributed by atoms with Gasteiger partial charge in [0.05, 0.1) is 0 Å². The molecule has 4 heteroatoms. The molecule has 0 aromatic rings. The first-order valence-corrected chi connectivity index (χ1v) is 6.92. The van der Waals surface area contributed by atoms with Gasteiger partial charge in [0.1, 0.15) is 0 Å². The van der Waals surface area contributed by atoms with E-state index >= 15 is 0 Å². The van der Waals surface area contributed by atoms with Gasteiger partial charge in [0.2, 0.25) is 0 Å². The highest BCUT2D eigenvalue weighted by Crippen LogP contribution is 2.18. The van der Waals surface area contributed by atoms with Crippen LogP contribution in [-0.2, 0) is 8.85 Å². The van der Waals surface area contributed by atoms with E-state index in [2.05, 4.69) is 6.92 Å². The molecule has 0 unspecified atom stereocenters. The van der Waals surface area contributed by atoms with E-state index in [1.54, 1.807) is 0 Å². The van der Waals surface area contributed by atoms with Crippen molar-refractivity contribution in [1.29, 1.82) is 0 Å². The Hall–Kier alpha value is 0.0969. The second kappa shape index (κ2) is 6.54. The first-order valence-electron chi connectivity index (χ1n) is 5.31. The zero-order chi connectivity index (χ0) is 9.52. The molecule has 0 spiro atoms. The van der Waals surface area contributed by atoms with Crippen molar-refractivity contribution >= 4 is 9.45 Å². The van der Waals surface area contributed by atoms with Gasteiger partial charge in [-0.1, -0.05) is 26.2 Å². The van der Waals surface area contributed by atoms with Gasteiger partial charge in [-0.3, -0.25) is 0 Å². The van der Waals surface area contributed by atoms with Crippen LogP contribution in [-0.4, -0.2) is 22.7 Å². The third-order valence-electron chi connectivity index (χ3n) is 2.58. The quantitative estimate of drug-likeness (QED) is 0.703. The van der Waals surface area contributed by atoms with Crippen LogP contribution >= 0.6 is 0 Å². The predicted molar refractivity (Wildman–Crippen MR) is 55.5 cm³/mol. The fourth-order valence-corrected chi connectivity index (χ4v) is 2.51. The standard InChI is InChI=1S/C9H21NO2Si/c1-2-3-4-9-5-7-11-13(10)12-8-6-9/h9,13H,2-8,10H2,1H3. The van der Waals surface area contributed by atoms with Crippen LogP contribution in [0.5, 0.6) is 0 Å². The third kappa shape index (κ3) is 4.76. The summed E-state index contributed by atoms with van der Waals surface area (Å²) in [5, 5.41) is 5.64. The Morgan fingerprint density at radius 3 is 2.46 bits per heavy atom. The van der Waals surface area contributed by atoms with E-state index in [0.29, 0.717) is 0 Å². The summed E-state index contributed by atoms with van der Waals surface area (Å²) in [6.45, 7) is 3.85. The molecule has 1 aliphatic rings. The molecule has 1 rings (SSSR count). The van der Waals surface area contributed by atoms with Gasteiger partial charge >= 0.3 is 9.45 Å². The summed E-state index contributed by atoms with van der Waals surface area (Å²) in [4.78, 5) is 0. The highest BCUT2D eigenvalue weighted by Gasteiger charge is 2.15. The molecule has 1 heterocycles. The molecule has 1 saturated heterocycles. The lowest BCUT2D eigenvalue weighted by atomic mass is 9.96. The lowest BCUT2D eigenvalue weighted by Crippen LogP contribution is -2.36. The minimum Gasteiger partial charge on any atom is -0.385 e. The Bertz CT molecular complexity index is 125. The maximum atomic E-state index is 5.64. The molecule has 0 aliphatic carbocycles.